The molecule has 5 rings (SSSR count). The van der Waals surface area contributed by atoms with Gasteiger partial charge >= 0.3 is 0 Å². The van der Waals surface area contributed by atoms with E-state index < -0.39 is 0 Å². The number of methoxy groups -OCH3 is 1. The van der Waals surface area contributed by atoms with Crippen LogP contribution in [0.2, 0.25) is 0 Å². The molecule has 1 fully saturated rings. The van der Waals surface area contributed by atoms with Gasteiger partial charge in [-0.1, -0.05) is 39.3 Å². The maximum Gasteiger partial charge on any atom is 0.259 e. The van der Waals surface area contributed by atoms with E-state index in [0.717, 1.165) is 48.6 Å². The van der Waals surface area contributed by atoms with Gasteiger partial charge in [0.1, 0.15) is 6.61 Å². The van der Waals surface area contributed by atoms with Gasteiger partial charge in [-0.05, 0) is 54.2 Å². The number of carbonyl (C=O) groups is 1. The van der Waals surface area contributed by atoms with Crippen LogP contribution in [0.25, 0.3) is 11.3 Å². The van der Waals surface area contributed by atoms with Gasteiger partial charge in [0.05, 0.1) is 19.3 Å². The molecule has 0 unspecified atom stereocenters. The van der Waals surface area contributed by atoms with Gasteiger partial charge in [0.25, 0.3) is 5.91 Å². The molecule has 0 aliphatic carbocycles. The molecule has 2 aliphatic heterocycles. The molecule has 0 N–H and O–H groups in total. The van der Waals surface area contributed by atoms with E-state index in [1.165, 1.54) is 35.5 Å². The summed E-state index contributed by atoms with van der Waals surface area (Å²) in [5.41, 5.74) is 7.13. The first kappa shape index (κ1) is 28.5. The number of pyridine rings is 1. The third-order valence-electron chi connectivity index (χ3n) is 7.88. The molecule has 1 aromatic heterocycles. The van der Waals surface area contributed by atoms with E-state index >= 15 is 0 Å². The smallest absolute Gasteiger partial charge is 0.259 e. The van der Waals surface area contributed by atoms with E-state index in [-0.39, 0.29) is 5.91 Å². The molecule has 2 aromatic carbocycles. The molecule has 0 saturated carbocycles. The summed E-state index contributed by atoms with van der Waals surface area (Å²) in [5.74, 6) is 4.13. The van der Waals surface area contributed by atoms with Crippen LogP contribution in [0.1, 0.15) is 66.6 Å². The number of fused-ring (bicyclic) bond motifs is 1. The van der Waals surface area contributed by atoms with Gasteiger partial charge in [0.15, 0.2) is 11.5 Å². The summed E-state index contributed by atoms with van der Waals surface area (Å²) in [5, 5.41) is 0. The third kappa shape index (κ3) is 6.31. The van der Waals surface area contributed by atoms with Crippen molar-refractivity contribution in [3.8, 4) is 22.8 Å². The maximum atomic E-state index is 13.6. The van der Waals surface area contributed by atoms with E-state index in [1.54, 1.807) is 12.0 Å². The number of aromatic nitrogens is 1. The topological polar surface area (TPSA) is 54.9 Å². The Balaban J connectivity index is 1.31. The minimum Gasteiger partial charge on any atom is -0.493 e. The minimum absolute atomic E-state index is 0.0130. The summed E-state index contributed by atoms with van der Waals surface area (Å²) in [4.78, 5) is 22.6. The number of amides is 1. The first-order valence-electron chi connectivity index (χ1n) is 14.5. The Morgan fingerprint density at radius 1 is 1.05 bits per heavy atom. The van der Waals surface area contributed by atoms with Crippen LogP contribution in [0.4, 0.5) is 5.69 Å². The lowest BCUT2D eigenvalue weighted by atomic mass is 9.91. The van der Waals surface area contributed by atoms with Crippen molar-refractivity contribution in [2.45, 2.75) is 52.5 Å². The molecule has 0 bridgehead atoms. The predicted octanol–water partition coefficient (Wildman–Crippen LogP) is 6.81. The van der Waals surface area contributed by atoms with Crippen LogP contribution in [0.15, 0.2) is 48.7 Å². The van der Waals surface area contributed by atoms with Crippen LogP contribution in [0.5, 0.6) is 11.5 Å². The molecular weight excluding hydrogens is 518 g/mol. The highest BCUT2D eigenvalue weighted by molar-refractivity contribution is 7.99. The van der Waals surface area contributed by atoms with Gasteiger partial charge in [0, 0.05) is 65.8 Å². The van der Waals surface area contributed by atoms with Gasteiger partial charge in [-0.2, -0.15) is 11.8 Å². The number of aryl methyl sites for hydroxylation is 1. The first-order valence-corrected chi connectivity index (χ1v) is 15.7. The van der Waals surface area contributed by atoms with Crippen molar-refractivity contribution in [3.05, 3.63) is 70.9 Å². The number of benzene rings is 2. The SMILES string of the molecule is CCCCc1ccc(-c2cc3c(cn2)CN(c2ccc(OCCN4CCSCC4)c(OC)c2)C3=O)cc1C(C)C. The summed E-state index contributed by atoms with van der Waals surface area (Å²) in [6.07, 6.45) is 5.33. The van der Waals surface area contributed by atoms with Crippen LogP contribution < -0.4 is 14.4 Å². The summed E-state index contributed by atoms with van der Waals surface area (Å²) in [6, 6.07) is 14.4. The summed E-state index contributed by atoms with van der Waals surface area (Å²) in [7, 11) is 1.64. The number of anilines is 1. The highest BCUT2D eigenvalue weighted by atomic mass is 32.2. The van der Waals surface area contributed by atoms with E-state index in [1.807, 2.05) is 42.2 Å². The first-order chi connectivity index (χ1) is 19.5. The Labute approximate surface area is 243 Å². The number of hydrogen-bond acceptors (Lipinski definition) is 6. The molecule has 1 amide bonds. The van der Waals surface area contributed by atoms with Crippen LogP contribution in [0, 0.1) is 0 Å². The number of thioether (sulfide) groups is 1. The zero-order valence-electron chi connectivity index (χ0n) is 24.2. The van der Waals surface area contributed by atoms with Crippen molar-refractivity contribution in [2.75, 3.05) is 49.8 Å². The molecule has 212 valence electrons. The van der Waals surface area contributed by atoms with Crippen LogP contribution in [-0.4, -0.2) is 60.6 Å². The zero-order chi connectivity index (χ0) is 28.1. The lowest BCUT2D eigenvalue weighted by molar-refractivity contribution is 0.0996. The predicted molar refractivity (Wildman–Crippen MR) is 165 cm³/mol. The molecule has 7 heteroatoms. The number of hydrogen-bond donors (Lipinski definition) is 0. The fourth-order valence-corrected chi connectivity index (χ4v) is 6.48. The normalized spacial score (nSPS) is 15.5. The Bertz CT molecular complexity index is 1340. The molecule has 3 aromatic rings. The second kappa shape index (κ2) is 13.1. The van der Waals surface area contributed by atoms with E-state index in [9.17, 15) is 4.79 Å². The number of carbonyl (C=O) groups excluding carboxylic acids is 1. The molecule has 40 heavy (non-hydrogen) atoms. The van der Waals surface area contributed by atoms with Crippen molar-refractivity contribution in [2.24, 2.45) is 0 Å². The Hall–Kier alpha value is -3.03. The van der Waals surface area contributed by atoms with Crippen LogP contribution in [0.3, 0.4) is 0 Å². The fourth-order valence-electron chi connectivity index (χ4n) is 5.50. The highest BCUT2D eigenvalue weighted by Gasteiger charge is 2.30. The van der Waals surface area contributed by atoms with E-state index in [0.29, 0.717) is 36.1 Å². The van der Waals surface area contributed by atoms with E-state index in [4.69, 9.17) is 14.5 Å². The molecule has 2 aliphatic rings. The number of unbranched alkanes of at least 4 members (excludes halogenated alkanes) is 1. The molecule has 0 radical (unpaired) electrons. The standard InChI is InChI=1S/C33H41N3O3S/c1-5-6-7-24-8-9-25(18-28(24)23(2)3)30-20-29-26(21-34-30)22-36(33(29)37)27-10-11-31(32(19-27)38-4)39-15-12-35-13-16-40-17-14-35/h8-11,18-21,23H,5-7,12-17,22H2,1-4H3. The lowest BCUT2D eigenvalue weighted by Gasteiger charge is -2.26. The van der Waals surface area contributed by atoms with E-state index in [2.05, 4.69) is 43.9 Å². The Morgan fingerprint density at radius 2 is 1.88 bits per heavy atom. The average molecular weight is 560 g/mol. The van der Waals surface area contributed by atoms with Gasteiger partial charge in [-0.3, -0.25) is 14.7 Å². The zero-order valence-corrected chi connectivity index (χ0v) is 25.1. The molecule has 0 spiro atoms. The average Bonchev–Trinajstić information content (AvgIpc) is 3.32. The molecule has 3 heterocycles. The van der Waals surface area contributed by atoms with Crippen LogP contribution >= 0.6 is 11.8 Å². The van der Waals surface area contributed by atoms with Crippen molar-refractivity contribution in [1.82, 2.24) is 9.88 Å². The Morgan fingerprint density at radius 3 is 2.62 bits per heavy atom. The maximum absolute atomic E-state index is 13.6. The molecule has 1 saturated heterocycles. The van der Waals surface area contributed by atoms with Crippen LogP contribution in [-0.2, 0) is 13.0 Å². The number of rotatable bonds is 11. The van der Waals surface area contributed by atoms with Crippen molar-refractivity contribution in [1.29, 1.82) is 0 Å². The largest absolute Gasteiger partial charge is 0.493 e. The van der Waals surface area contributed by atoms with Gasteiger partial charge < -0.3 is 14.4 Å². The minimum atomic E-state index is -0.0130. The van der Waals surface area contributed by atoms with Gasteiger partial charge in [-0.15, -0.1) is 0 Å². The van der Waals surface area contributed by atoms with Gasteiger partial charge in [0.2, 0.25) is 0 Å². The fraction of sp³-hybridized carbons (Fsp3) is 0.455. The number of nitrogens with zero attached hydrogens (tertiary/aromatic N) is 3. The second-order valence-corrected chi connectivity index (χ2v) is 12.2. The molecular formula is C33H41N3O3S. The second-order valence-electron chi connectivity index (χ2n) is 10.9. The summed E-state index contributed by atoms with van der Waals surface area (Å²) >= 11 is 2.01. The van der Waals surface area contributed by atoms with Crippen molar-refractivity contribution < 1.29 is 14.3 Å². The summed E-state index contributed by atoms with van der Waals surface area (Å²) in [6.45, 7) is 10.9. The lowest BCUT2D eigenvalue weighted by Crippen LogP contribution is -2.35. The van der Waals surface area contributed by atoms with Crippen molar-refractivity contribution in [3.63, 3.8) is 0 Å². The quantitative estimate of drug-likeness (QED) is 0.257. The molecule has 0 atom stereocenters. The van der Waals surface area contributed by atoms with Crippen molar-refractivity contribution >= 4 is 23.4 Å². The highest BCUT2D eigenvalue weighted by Crippen LogP contribution is 2.36. The molecule has 6 nitrogen and oxygen atoms in total. The number of ether oxygens (including phenoxy) is 2. The van der Waals surface area contributed by atoms with Gasteiger partial charge in [-0.25, -0.2) is 0 Å². The Kier molecular flexibility index (Phi) is 9.33. The third-order valence-corrected chi connectivity index (χ3v) is 8.82. The summed E-state index contributed by atoms with van der Waals surface area (Å²) < 4.78 is 11.7. The monoisotopic (exact) mass is 559 g/mol.